The minimum atomic E-state index is -0.173. The molecule has 5 nitrogen and oxygen atoms in total. The van der Waals surface area contributed by atoms with E-state index in [-0.39, 0.29) is 18.3 Å². The van der Waals surface area contributed by atoms with E-state index in [9.17, 15) is 4.79 Å². The molecule has 0 unspecified atom stereocenters. The van der Waals surface area contributed by atoms with Crippen molar-refractivity contribution in [2.75, 3.05) is 33.4 Å². The molecule has 146 valence electrons. The lowest BCUT2D eigenvalue weighted by atomic mass is 10.1. The number of nitrogens with one attached hydrogen (secondary N) is 2. The zero-order chi connectivity index (χ0) is 18.2. The maximum atomic E-state index is 12.4. The maximum Gasteiger partial charge on any atom is 0.251 e. The highest BCUT2D eigenvalue weighted by molar-refractivity contribution is 6.32. The molecular formula is C19H28Cl2N2O3. The van der Waals surface area contributed by atoms with Crippen LogP contribution in [0.15, 0.2) is 23.8 Å². The van der Waals surface area contributed by atoms with Gasteiger partial charge in [-0.1, -0.05) is 37.1 Å². The normalized spacial score (nSPS) is 13.7. The van der Waals surface area contributed by atoms with Gasteiger partial charge in [0.25, 0.3) is 5.91 Å². The molecule has 0 radical (unpaired) electrons. The summed E-state index contributed by atoms with van der Waals surface area (Å²) in [7, 11) is 1.54. The van der Waals surface area contributed by atoms with Gasteiger partial charge in [-0.15, -0.1) is 12.4 Å². The zero-order valence-corrected chi connectivity index (χ0v) is 17.1. The number of hydrogen-bond donors (Lipinski definition) is 2. The lowest BCUT2D eigenvalue weighted by molar-refractivity contribution is 0.0956. The number of benzene rings is 1. The summed E-state index contributed by atoms with van der Waals surface area (Å²) in [5, 5.41) is 6.57. The van der Waals surface area contributed by atoms with E-state index in [0.29, 0.717) is 41.2 Å². The first-order valence-corrected chi connectivity index (χ1v) is 9.06. The van der Waals surface area contributed by atoms with Crippen LogP contribution in [0.25, 0.3) is 0 Å². The highest BCUT2D eigenvalue weighted by atomic mass is 35.5. The summed E-state index contributed by atoms with van der Waals surface area (Å²) in [6.07, 6.45) is 3.99. The molecule has 0 bridgehead atoms. The van der Waals surface area contributed by atoms with Crippen molar-refractivity contribution >= 4 is 29.9 Å². The molecule has 1 amide bonds. The van der Waals surface area contributed by atoms with Gasteiger partial charge in [-0.25, -0.2) is 0 Å². The molecule has 7 heteroatoms. The fraction of sp³-hybridized carbons (Fsp3) is 0.526. The topological polar surface area (TPSA) is 59.6 Å². The van der Waals surface area contributed by atoms with E-state index in [0.717, 1.165) is 25.9 Å². The van der Waals surface area contributed by atoms with Gasteiger partial charge in [-0.3, -0.25) is 4.79 Å². The molecule has 0 spiro atoms. The van der Waals surface area contributed by atoms with Crippen molar-refractivity contribution in [1.29, 1.82) is 0 Å². The van der Waals surface area contributed by atoms with Gasteiger partial charge in [0.15, 0.2) is 11.5 Å². The Morgan fingerprint density at radius 3 is 2.77 bits per heavy atom. The molecule has 0 saturated heterocycles. The van der Waals surface area contributed by atoms with E-state index in [1.54, 1.807) is 19.2 Å². The number of halogens is 2. The van der Waals surface area contributed by atoms with Gasteiger partial charge in [0, 0.05) is 18.7 Å². The molecule has 1 aromatic rings. The molecule has 26 heavy (non-hydrogen) atoms. The summed E-state index contributed by atoms with van der Waals surface area (Å²) in [6, 6.07) is 3.30. The molecule has 2 N–H and O–H groups in total. The first kappa shape index (κ1) is 22.6. The maximum absolute atomic E-state index is 12.4. The molecule has 0 aliphatic carbocycles. The molecule has 2 rings (SSSR count). The summed E-state index contributed by atoms with van der Waals surface area (Å²) >= 11 is 6.32. The zero-order valence-electron chi connectivity index (χ0n) is 15.6. The van der Waals surface area contributed by atoms with Crippen LogP contribution in [0.4, 0.5) is 0 Å². The second kappa shape index (κ2) is 11.3. The van der Waals surface area contributed by atoms with Crippen LogP contribution in [0, 0.1) is 5.92 Å². The van der Waals surface area contributed by atoms with Gasteiger partial charge < -0.3 is 20.1 Å². The smallest absolute Gasteiger partial charge is 0.251 e. The largest absolute Gasteiger partial charge is 0.493 e. The van der Waals surface area contributed by atoms with Crippen LogP contribution in [-0.4, -0.2) is 39.3 Å². The molecule has 0 fully saturated rings. The first-order valence-electron chi connectivity index (χ1n) is 8.68. The summed E-state index contributed by atoms with van der Waals surface area (Å²) in [5.74, 6) is 1.33. The van der Waals surface area contributed by atoms with Crippen LogP contribution in [0.5, 0.6) is 11.5 Å². The summed E-state index contributed by atoms with van der Waals surface area (Å²) in [5.41, 5.74) is 1.70. The number of amides is 1. The Morgan fingerprint density at radius 2 is 2.15 bits per heavy atom. The molecule has 0 atom stereocenters. The minimum absolute atomic E-state index is 0. The van der Waals surface area contributed by atoms with Crippen molar-refractivity contribution in [3.05, 3.63) is 34.4 Å². The highest BCUT2D eigenvalue weighted by Gasteiger charge is 2.16. The van der Waals surface area contributed by atoms with Crippen molar-refractivity contribution in [2.45, 2.75) is 26.7 Å². The van der Waals surface area contributed by atoms with E-state index in [1.165, 1.54) is 5.57 Å². The Kier molecular flexibility index (Phi) is 9.84. The van der Waals surface area contributed by atoms with Crippen LogP contribution in [-0.2, 0) is 0 Å². The number of carbonyl (C=O) groups excluding carboxylic acids is 1. The predicted octanol–water partition coefficient (Wildman–Crippen LogP) is 3.84. The van der Waals surface area contributed by atoms with E-state index in [2.05, 4.69) is 30.6 Å². The lowest BCUT2D eigenvalue weighted by Crippen LogP contribution is -2.29. The number of ether oxygens (including phenoxy) is 2. The summed E-state index contributed by atoms with van der Waals surface area (Å²) in [6.45, 7) is 7.17. The van der Waals surface area contributed by atoms with Crippen LogP contribution in [0.1, 0.15) is 37.0 Å². The molecular weight excluding hydrogens is 375 g/mol. The van der Waals surface area contributed by atoms with Gasteiger partial charge in [0.2, 0.25) is 0 Å². The SMILES string of the molecule is COc1cc(C(=O)NCC2=CCNCC2)cc(Cl)c1OCCC(C)C.Cl. The van der Waals surface area contributed by atoms with Gasteiger partial charge in [0.05, 0.1) is 18.7 Å². The third-order valence-corrected chi connectivity index (χ3v) is 4.35. The average molecular weight is 403 g/mol. The van der Waals surface area contributed by atoms with Gasteiger partial charge >= 0.3 is 0 Å². The number of methoxy groups -OCH3 is 1. The standard InChI is InChI=1S/C19H27ClN2O3.ClH/c1-13(2)6-9-25-18-16(20)10-15(11-17(18)24-3)19(23)22-12-14-4-7-21-8-5-14;/h4,10-11,13,21H,5-9,12H2,1-3H3,(H,22,23);1H. The van der Waals surface area contributed by atoms with Crippen molar-refractivity contribution in [3.8, 4) is 11.5 Å². The second-order valence-corrected chi connectivity index (χ2v) is 6.93. The molecule has 1 aliphatic rings. The summed E-state index contributed by atoms with van der Waals surface area (Å²) in [4.78, 5) is 12.4. The van der Waals surface area contributed by atoms with E-state index in [4.69, 9.17) is 21.1 Å². The third kappa shape index (κ3) is 6.71. The van der Waals surface area contributed by atoms with Gasteiger partial charge in [-0.05, 0) is 37.4 Å². The number of rotatable bonds is 8. The van der Waals surface area contributed by atoms with Crippen LogP contribution in [0.3, 0.4) is 0 Å². The highest BCUT2D eigenvalue weighted by Crippen LogP contribution is 2.36. The van der Waals surface area contributed by atoms with Crippen molar-refractivity contribution in [2.24, 2.45) is 5.92 Å². The van der Waals surface area contributed by atoms with Crippen LogP contribution in [0.2, 0.25) is 5.02 Å². The Bertz CT molecular complexity index is 633. The number of carbonyl (C=O) groups is 1. The fourth-order valence-corrected chi connectivity index (χ4v) is 2.78. The molecule has 1 aliphatic heterocycles. The van der Waals surface area contributed by atoms with E-state index >= 15 is 0 Å². The third-order valence-electron chi connectivity index (χ3n) is 4.07. The van der Waals surface area contributed by atoms with Crippen molar-refractivity contribution in [3.63, 3.8) is 0 Å². The van der Waals surface area contributed by atoms with E-state index in [1.807, 2.05) is 0 Å². The van der Waals surface area contributed by atoms with Crippen molar-refractivity contribution in [1.82, 2.24) is 10.6 Å². The quantitative estimate of drug-likeness (QED) is 0.648. The number of hydrogen-bond acceptors (Lipinski definition) is 4. The Hall–Kier alpha value is -1.43. The molecule has 1 heterocycles. The monoisotopic (exact) mass is 402 g/mol. The predicted molar refractivity (Wildman–Crippen MR) is 108 cm³/mol. The van der Waals surface area contributed by atoms with E-state index < -0.39 is 0 Å². The van der Waals surface area contributed by atoms with Crippen LogP contribution < -0.4 is 20.1 Å². The Balaban J connectivity index is 0.00000338. The van der Waals surface area contributed by atoms with Crippen LogP contribution >= 0.6 is 24.0 Å². The molecule has 0 aromatic heterocycles. The Labute approximate surface area is 166 Å². The van der Waals surface area contributed by atoms with Gasteiger partial charge in [0.1, 0.15) is 0 Å². The average Bonchev–Trinajstić information content (AvgIpc) is 2.61. The lowest BCUT2D eigenvalue weighted by Gasteiger charge is -2.16. The first-order chi connectivity index (χ1) is 12.0. The van der Waals surface area contributed by atoms with Gasteiger partial charge in [-0.2, -0.15) is 0 Å². The Morgan fingerprint density at radius 1 is 1.38 bits per heavy atom. The molecule has 0 saturated carbocycles. The second-order valence-electron chi connectivity index (χ2n) is 6.52. The molecule has 1 aromatic carbocycles. The summed E-state index contributed by atoms with van der Waals surface area (Å²) < 4.78 is 11.1. The minimum Gasteiger partial charge on any atom is -0.493 e. The van der Waals surface area contributed by atoms with Crippen molar-refractivity contribution < 1.29 is 14.3 Å². The fourth-order valence-electron chi connectivity index (χ4n) is 2.51.